The molecule has 0 bridgehead atoms. The van der Waals surface area contributed by atoms with E-state index >= 15 is 0 Å². The van der Waals surface area contributed by atoms with Gasteiger partial charge >= 0.3 is 6.03 Å². The molecule has 7 nitrogen and oxygen atoms in total. The number of rotatable bonds is 7. The monoisotopic (exact) mass is 441 g/mol. The van der Waals surface area contributed by atoms with Gasteiger partial charge in [0.05, 0.1) is 6.26 Å². The molecule has 0 aliphatic carbocycles. The third-order valence-electron chi connectivity index (χ3n) is 4.87. The molecule has 33 heavy (non-hydrogen) atoms. The van der Waals surface area contributed by atoms with Gasteiger partial charge in [-0.3, -0.25) is 4.79 Å². The van der Waals surface area contributed by atoms with Crippen LogP contribution in [0.2, 0.25) is 0 Å². The molecule has 4 aromatic rings. The van der Waals surface area contributed by atoms with E-state index < -0.39 is 5.91 Å². The molecule has 0 radical (unpaired) electrons. The number of benzene rings is 3. The van der Waals surface area contributed by atoms with E-state index in [0.717, 1.165) is 5.56 Å². The Bertz CT molecular complexity index is 1240. The van der Waals surface area contributed by atoms with Crippen LogP contribution in [0.1, 0.15) is 21.7 Å². The van der Waals surface area contributed by atoms with Crippen LogP contribution < -0.4 is 20.7 Å². The van der Waals surface area contributed by atoms with Crippen molar-refractivity contribution >= 4 is 29.0 Å². The highest BCUT2D eigenvalue weighted by molar-refractivity contribution is 6.04. The van der Waals surface area contributed by atoms with Crippen LogP contribution in [0.5, 0.6) is 5.75 Å². The molecule has 3 amide bonds. The highest BCUT2D eigenvalue weighted by Crippen LogP contribution is 2.23. The number of furan rings is 1. The first-order valence-corrected chi connectivity index (χ1v) is 10.4. The molecule has 0 saturated carbocycles. The van der Waals surface area contributed by atoms with Gasteiger partial charge in [-0.1, -0.05) is 42.5 Å². The second-order valence-corrected chi connectivity index (χ2v) is 7.31. The first-order chi connectivity index (χ1) is 16.1. The fraction of sp³-hybridized carbons (Fsp3) is 0.0769. The van der Waals surface area contributed by atoms with Crippen molar-refractivity contribution in [3.8, 4) is 5.75 Å². The van der Waals surface area contributed by atoms with E-state index in [4.69, 9.17) is 9.15 Å². The van der Waals surface area contributed by atoms with Gasteiger partial charge in [0.1, 0.15) is 12.4 Å². The average molecular weight is 441 g/mol. The van der Waals surface area contributed by atoms with Gasteiger partial charge in [-0.25, -0.2) is 4.79 Å². The number of amides is 3. The highest BCUT2D eigenvalue weighted by atomic mass is 16.5. The van der Waals surface area contributed by atoms with Gasteiger partial charge in [-0.15, -0.1) is 0 Å². The van der Waals surface area contributed by atoms with E-state index in [2.05, 4.69) is 16.0 Å². The molecular weight excluding hydrogens is 418 g/mol. The summed E-state index contributed by atoms with van der Waals surface area (Å²) in [5.41, 5.74) is 3.25. The van der Waals surface area contributed by atoms with E-state index in [1.165, 1.54) is 6.26 Å². The molecule has 0 unspecified atom stereocenters. The number of anilines is 3. The Morgan fingerprint density at radius 3 is 2.27 bits per heavy atom. The van der Waals surface area contributed by atoms with E-state index in [0.29, 0.717) is 28.4 Å². The molecular formula is C26H23N3O4. The van der Waals surface area contributed by atoms with E-state index in [9.17, 15) is 9.59 Å². The van der Waals surface area contributed by atoms with Crippen molar-refractivity contribution in [3.05, 3.63) is 108 Å². The summed E-state index contributed by atoms with van der Waals surface area (Å²) in [4.78, 5) is 25.2. The topological polar surface area (TPSA) is 92.6 Å². The Hall–Kier alpha value is -4.52. The summed E-state index contributed by atoms with van der Waals surface area (Å²) < 4.78 is 11.1. The smallest absolute Gasteiger partial charge is 0.323 e. The van der Waals surface area contributed by atoms with Crippen LogP contribution in [-0.4, -0.2) is 11.9 Å². The van der Waals surface area contributed by atoms with Crippen LogP contribution >= 0.6 is 0 Å². The molecule has 1 heterocycles. The van der Waals surface area contributed by atoms with Crippen LogP contribution in [0.4, 0.5) is 21.9 Å². The van der Waals surface area contributed by atoms with E-state index in [-0.39, 0.29) is 18.4 Å². The van der Waals surface area contributed by atoms with Gasteiger partial charge in [0.25, 0.3) is 5.91 Å². The number of carbonyl (C=O) groups is 2. The van der Waals surface area contributed by atoms with Gasteiger partial charge in [-0.05, 0) is 55.0 Å². The fourth-order valence-electron chi connectivity index (χ4n) is 3.15. The van der Waals surface area contributed by atoms with Crippen molar-refractivity contribution in [3.63, 3.8) is 0 Å². The maximum atomic E-state index is 12.9. The number of aryl methyl sites for hydroxylation is 1. The lowest BCUT2D eigenvalue weighted by molar-refractivity contribution is 0.0993. The molecule has 166 valence electrons. The molecule has 0 aliphatic rings. The van der Waals surface area contributed by atoms with Gasteiger partial charge < -0.3 is 25.1 Å². The van der Waals surface area contributed by atoms with E-state index in [1.54, 1.807) is 30.3 Å². The zero-order chi connectivity index (χ0) is 23.0. The first kappa shape index (κ1) is 21.7. The average Bonchev–Trinajstić information content (AvgIpc) is 3.30. The normalized spacial score (nSPS) is 10.3. The predicted molar refractivity (Wildman–Crippen MR) is 128 cm³/mol. The SMILES string of the molecule is Cc1ccc(NC(=O)Nc2ccccc2)cc1NC(=O)c1occc1COc1ccccc1. The molecule has 1 aromatic heterocycles. The summed E-state index contributed by atoms with van der Waals surface area (Å²) in [6, 6.07) is 25.1. The Morgan fingerprint density at radius 2 is 1.52 bits per heavy atom. The summed E-state index contributed by atoms with van der Waals surface area (Å²) >= 11 is 0. The first-order valence-electron chi connectivity index (χ1n) is 10.4. The van der Waals surface area contributed by atoms with Crippen molar-refractivity contribution in [1.82, 2.24) is 0 Å². The maximum Gasteiger partial charge on any atom is 0.323 e. The number of para-hydroxylation sites is 2. The summed E-state index contributed by atoms with van der Waals surface area (Å²) in [6.45, 7) is 2.06. The minimum absolute atomic E-state index is 0.172. The predicted octanol–water partition coefficient (Wildman–Crippen LogP) is 6.06. The molecule has 3 aromatic carbocycles. The van der Waals surface area contributed by atoms with Gasteiger partial charge in [0.2, 0.25) is 0 Å². The zero-order valence-corrected chi connectivity index (χ0v) is 18.0. The third kappa shape index (κ3) is 5.80. The fourth-order valence-corrected chi connectivity index (χ4v) is 3.15. The van der Waals surface area contributed by atoms with Crippen LogP contribution in [0.25, 0.3) is 0 Å². The number of nitrogens with one attached hydrogen (secondary N) is 3. The van der Waals surface area contributed by atoms with Crippen molar-refractivity contribution < 1.29 is 18.7 Å². The molecule has 3 N–H and O–H groups in total. The number of hydrogen-bond donors (Lipinski definition) is 3. The van der Waals surface area contributed by atoms with Crippen LogP contribution in [-0.2, 0) is 6.61 Å². The molecule has 0 spiro atoms. The minimum atomic E-state index is -0.402. The second kappa shape index (κ2) is 10.2. The van der Waals surface area contributed by atoms with Crippen molar-refractivity contribution in [2.75, 3.05) is 16.0 Å². The Labute approximate surface area is 191 Å². The van der Waals surface area contributed by atoms with Crippen LogP contribution in [0.15, 0.2) is 95.6 Å². The quantitative estimate of drug-likeness (QED) is 0.325. The molecule has 7 heteroatoms. The molecule has 0 saturated heterocycles. The van der Waals surface area contributed by atoms with Crippen molar-refractivity contribution in [2.45, 2.75) is 13.5 Å². The van der Waals surface area contributed by atoms with Gasteiger partial charge in [0, 0.05) is 22.6 Å². The lowest BCUT2D eigenvalue weighted by atomic mass is 10.1. The number of urea groups is 1. The summed E-state index contributed by atoms with van der Waals surface area (Å²) in [6.07, 6.45) is 1.46. The zero-order valence-electron chi connectivity index (χ0n) is 18.0. The lowest BCUT2D eigenvalue weighted by Gasteiger charge is -2.12. The maximum absolute atomic E-state index is 12.9. The van der Waals surface area contributed by atoms with E-state index in [1.807, 2.05) is 61.5 Å². The van der Waals surface area contributed by atoms with Gasteiger partial charge in [0.15, 0.2) is 5.76 Å². The van der Waals surface area contributed by atoms with Crippen molar-refractivity contribution in [1.29, 1.82) is 0 Å². The van der Waals surface area contributed by atoms with Crippen LogP contribution in [0.3, 0.4) is 0 Å². The largest absolute Gasteiger partial charge is 0.489 e. The molecule has 0 fully saturated rings. The molecule has 0 aliphatic heterocycles. The lowest BCUT2D eigenvalue weighted by Crippen LogP contribution is -2.20. The Kier molecular flexibility index (Phi) is 6.70. The molecule has 4 rings (SSSR count). The number of hydrogen-bond acceptors (Lipinski definition) is 4. The number of ether oxygens (including phenoxy) is 1. The van der Waals surface area contributed by atoms with Crippen LogP contribution in [0, 0.1) is 6.92 Å². The summed E-state index contributed by atoms with van der Waals surface area (Å²) in [7, 11) is 0. The van der Waals surface area contributed by atoms with Gasteiger partial charge in [-0.2, -0.15) is 0 Å². The summed E-state index contributed by atoms with van der Waals surface area (Å²) in [5.74, 6) is 0.472. The second-order valence-electron chi connectivity index (χ2n) is 7.31. The Morgan fingerprint density at radius 1 is 0.818 bits per heavy atom. The number of carbonyl (C=O) groups excluding carboxylic acids is 2. The molecule has 0 atom stereocenters. The third-order valence-corrected chi connectivity index (χ3v) is 4.87. The standard InChI is InChI=1S/C26H23N3O4/c1-18-12-13-21(28-26(31)27-20-8-4-2-5-9-20)16-23(18)29-25(30)24-19(14-15-32-24)17-33-22-10-6-3-7-11-22/h2-16H,17H2,1H3,(H,29,30)(H2,27,28,31). The summed E-state index contributed by atoms with van der Waals surface area (Å²) in [5, 5.41) is 8.38. The van der Waals surface area contributed by atoms with Crippen molar-refractivity contribution in [2.24, 2.45) is 0 Å². The highest BCUT2D eigenvalue weighted by Gasteiger charge is 2.17. The Balaban J connectivity index is 1.41. The minimum Gasteiger partial charge on any atom is -0.489 e.